The minimum absolute atomic E-state index is 0.801. The van der Waals surface area contributed by atoms with Crippen molar-refractivity contribution in [3.05, 3.63) is 90.5 Å². The molecule has 0 saturated carbocycles. The second-order valence-electron chi connectivity index (χ2n) is 4.78. The van der Waals surface area contributed by atoms with Crippen LogP contribution in [0.4, 0.5) is 5.69 Å². The molecule has 0 radical (unpaired) electrons. The van der Waals surface area contributed by atoms with Gasteiger partial charge in [-0.2, -0.15) is 0 Å². The van der Waals surface area contributed by atoms with Crippen LogP contribution in [0.15, 0.2) is 84.9 Å². The second-order valence-corrected chi connectivity index (χ2v) is 4.78. The lowest BCUT2D eigenvalue weighted by molar-refractivity contribution is 0.483. The Hall–Kier alpha value is -2.74. The highest BCUT2D eigenvalue weighted by Crippen LogP contribution is 2.24. The third-order valence-corrected chi connectivity index (χ3v) is 3.15. The molecular weight excluding hydrogens is 258 g/mol. The van der Waals surface area contributed by atoms with Crippen molar-refractivity contribution in [2.75, 3.05) is 5.32 Å². The number of ether oxygens (including phenoxy) is 1. The summed E-state index contributed by atoms with van der Waals surface area (Å²) in [6, 6.07) is 28.1. The van der Waals surface area contributed by atoms with Crippen molar-refractivity contribution in [3.8, 4) is 11.5 Å². The standard InChI is InChI=1S/C19H17NO/c1-3-8-16(9-4-1)15-20-17-10-7-13-19(14-17)21-18-11-5-2-6-12-18/h1-14,20H,15H2. The highest BCUT2D eigenvalue weighted by Gasteiger charge is 1.99. The van der Waals surface area contributed by atoms with Gasteiger partial charge in [-0.25, -0.2) is 0 Å². The van der Waals surface area contributed by atoms with E-state index in [0.29, 0.717) is 0 Å². The van der Waals surface area contributed by atoms with Crippen LogP contribution in [-0.2, 0) is 6.54 Å². The van der Waals surface area contributed by atoms with Crippen LogP contribution in [0.2, 0.25) is 0 Å². The summed E-state index contributed by atoms with van der Waals surface area (Å²) in [4.78, 5) is 0. The first kappa shape index (κ1) is 13.3. The number of para-hydroxylation sites is 1. The van der Waals surface area contributed by atoms with Crippen LogP contribution in [-0.4, -0.2) is 0 Å². The molecule has 0 unspecified atom stereocenters. The van der Waals surface area contributed by atoms with Crippen molar-refractivity contribution in [1.82, 2.24) is 0 Å². The van der Waals surface area contributed by atoms with Gasteiger partial charge in [0, 0.05) is 18.3 Å². The Morgan fingerprint density at radius 3 is 2.10 bits per heavy atom. The molecule has 3 aromatic carbocycles. The summed E-state index contributed by atoms with van der Waals surface area (Å²) in [5.41, 5.74) is 2.30. The molecule has 104 valence electrons. The van der Waals surface area contributed by atoms with E-state index in [1.807, 2.05) is 72.8 Å². The van der Waals surface area contributed by atoms with Crippen molar-refractivity contribution < 1.29 is 4.74 Å². The van der Waals surface area contributed by atoms with Crippen molar-refractivity contribution in [3.63, 3.8) is 0 Å². The average Bonchev–Trinajstić information content (AvgIpc) is 2.55. The van der Waals surface area contributed by atoms with Crippen LogP contribution in [0.5, 0.6) is 11.5 Å². The highest BCUT2D eigenvalue weighted by molar-refractivity contribution is 5.49. The van der Waals surface area contributed by atoms with Gasteiger partial charge in [0.1, 0.15) is 11.5 Å². The van der Waals surface area contributed by atoms with E-state index < -0.39 is 0 Å². The predicted molar refractivity (Wildman–Crippen MR) is 86.7 cm³/mol. The Labute approximate surface area is 125 Å². The molecular formula is C19H17NO. The predicted octanol–water partition coefficient (Wildman–Crippen LogP) is 5.09. The van der Waals surface area contributed by atoms with E-state index in [4.69, 9.17) is 4.74 Å². The molecule has 0 bridgehead atoms. The van der Waals surface area contributed by atoms with Crippen molar-refractivity contribution in [2.45, 2.75) is 6.54 Å². The number of benzene rings is 3. The Morgan fingerprint density at radius 2 is 1.33 bits per heavy atom. The molecule has 1 N–H and O–H groups in total. The molecule has 0 heterocycles. The molecule has 2 heteroatoms. The first-order chi connectivity index (χ1) is 10.4. The van der Waals surface area contributed by atoms with Gasteiger partial charge in [-0.15, -0.1) is 0 Å². The topological polar surface area (TPSA) is 21.3 Å². The zero-order valence-electron chi connectivity index (χ0n) is 11.7. The fourth-order valence-electron chi connectivity index (χ4n) is 2.09. The van der Waals surface area contributed by atoms with Crippen LogP contribution in [0.3, 0.4) is 0 Å². The summed E-state index contributed by atoms with van der Waals surface area (Å²) < 4.78 is 5.83. The fraction of sp³-hybridized carbons (Fsp3) is 0.0526. The molecule has 21 heavy (non-hydrogen) atoms. The van der Waals surface area contributed by atoms with Gasteiger partial charge in [-0.1, -0.05) is 54.6 Å². The minimum atomic E-state index is 0.801. The summed E-state index contributed by atoms with van der Waals surface area (Å²) in [6.07, 6.45) is 0. The van der Waals surface area contributed by atoms with Gasteiger partial charge in [-0.3, -0.25) is 0 Å². The Kier molecular flexibility index (Phi) is 4.18. The van der Waals surface area contributed by atoms with Crippen LogP contribution in [0, 0.1) is 0 Å². The second kappa shape index (κ2) is 6.62. The van der Waals surface area contributed by atoms with Gasteiger partial charge >= 0.3 is 0 Å². The zero-order valence-corrected chi connectivity index (χ0v) is 11.7. The molecule has 0 spiro atoms. The largest absolute Gasteiger partial charge is 0.457 e. The van der Waals surface area contributed by atoms with E-state index in [-0.39, 0.29) is 0 Å². The summed E-state index contributed by atoms with van der Waals surface area (Å²) >= 11 is 0. The van der Waals surface area contributed by atoms with E-state index in [2.05, 4.69) is 17.4 Å². The Bertz CT molecular complexity index is 680. The van der Waals surface area contributed by atoms with Gasteiger partial charge in [0.05, 0.1) is 0 Å². The number of anilines is 1. The average molecular weight is 275 g/mol. The first-order valence-electron chi connectivity index (χ1n) is 7.01. The lowest BCUT2D eigenvalue weighted by Crippen LogP contribution is -1.99. The maximum Gasteiger partial charge on any atom is 0.129 e. The number of rotatable bonds is 5. The molecule has 3 aromatic rings. The first-order valence-corrected chi connectivity index (χ1v) is 7.01. The summed E-state index contributed by atoms with van der Waals surface area (Å²) in [5.74, 6) is 1.68. The Morgan fingerprint density at radius 1 is 0.667 bits per heavy atom. The van der Waals surface area contributed by atoms with Crippen LogP contribution >= 0.6 is 0 Å². The molecule has 0 aliphatic rings. The zero-order chi connectivity index (χ0) is 14.3. The summed E-state index contributed by atoms with van der Waals surface area (Å²) in [6.45, 7) is 0.801. The van der Waals surface area contributed by atoms with Crippen molar-refractivity contribution in [1.29, 1.82) is 0 Å². The molecule has 0 aliphatic carbocycles. The molecule has 0 aromatic heterocycles. The van der Waals surface area contributed by atoms with Crippen molar-refractivity contribution in [2.24, 2.45) is 0 Å². The monoisotopic (exact) mass is 275 g/mol. The maximum atomic E-state index is 5.83. The Balaban J connectivity index is 1.66. The normalized spacial score (nSPS) is 10.1. The van der Waals surface area contributed by atoms with Gasteiger partial charge < -0.3 is 10.1 Å². The lowest BCUT2D eigenvalue weighted by atomic mass is 10.2. The van der Waals surface area contributed by atoms with E-state index in [0.717, 1.165) is 23.7 Å². The van der Waals surface area contributed by atoms with Crippen LogP contribution in [0.1, 0.15) is 5.56 Å². The molecule has 0 atom stereocenters. The van der Waals surface area contributed by atoms with Gasteiger partial charge in [-0.05, 0) is 29.8 Å². The maximum absolute atomic E-state index is 5.83. The van der Waals surface area contributed by atoms with Gasteiger partial charge in [0.15, 0.2) is 0 Å². The van der Waals surface area contributed by atoms with Crippen molar-refractivity contribution >= 4 is 5.69 Å². The fourth-order valence-corrected chi connectivity index (χ4v) is 2.09. The van der Waals surface area contributed by atoms with E-state index in [1.54, 1.807) is 0 Å². The van der Waals surface area contributed by atoms with E-state index in [9.17, 15) is 0 Å². The van der Waals surface area contributed by atoms with E-state index >= 15 is 0 Å². The lowest BCUT2D eigenvalue weighted by Gasteiger charge is -2.09. The smallest absolute Gasteiger partial charge is 0.129 e. The summed E-state index contributed by atoms with van der Waals surface area (Å²) in [7, 11) is 0. The summed E-state index contributed by atoms with van der Waals surface area (Å²) in [5, 5.41) is 3.41. The third kappa shape index (κ3) is 3.86. The molecule has 0 fully saturated rings. The third-order valence-electron chi connectivity index (χ3n) is 3.15. The number of hydrogen-bond donors (Lipinski definition) is 1. The molecule has 2 nitrogen and oxygen atoms in total. The van der Waals surface area contributed by atoms with Crippen LogP contribution < -0.4 is 10.1 Å². The quantitative estimate of drug-likeness (QED) is 0.700. The van der Waals surface area contributed by atoms with E-state index in [1.165, 1.54) is 5.56 Å². The molecule has 3 rings (SSSR count). The minimum Gasteiger partial charge on any atom is -0.457 e. The van der Waals surface area contributed by atoms with Gasteiger partial charge in [0.25, 0.3) is 0 Å². The van der Waals surface area contributed by atoms with Crippen LogP contribution in [0.25, 0.3) is 0 Å². The number of hydrogen-bond acceptors (Lipinski definition) is 2. The SMILES string of the molecule is c1ccc(CNc2cccc(Oc3ccccc3)c2)cc1. The highest BCUT2D eigenvalue weighted by atomic mass is 16.5. The molecule has 0 saturated heterocycles. The molecule has 0 amide bonds. The van der Waals surface area contributed by atoms with Gasteiger partial charge in [0.2, 0.25) is 0 Å². The molecule has 0 aliphatic heterocycles. The number of nitrogens with one attached hydrogen (secondary N) is 1.